The fourth-order valence-electron chi connectivity index (χ4n) is 2.07. The number of allylic oxidation sites excluding steroid dienone is 1. The lowest BCUT2D eigenvalue weighted by atomic mass is 10.1. The fourth-order valence-corrected chi connectivity index (χ4v) is 2.07. The number of esters is 1. The average molecular weight is 298 g/mol. The van der Waals surface area contributed by atoms with E-state index in [0.29, 0.717) is 12.3 Å². The molecule has 0 saturated heterocycles. The minimum Gasteiger partial charge on any atom is -0.449 e. The maximum absolute atomic E-state index is 12.0. The largest absolute Gasteiger partial charge is 0.449 e. The van der Waals surface area contributed by atoms with Gasteiger partial charge in [-0.1, -0.05) is 62.6 Å². The summed E-state index contributed by atoms with van der Waals surface area (Å²) in [6.45, 7) is 9.79. The molecule has 0 bridgehead atoms. The van der Waals surface area contributed by atoms with Gasteiger partial charge in [0.15, 0.2) is 6.10 Å². The van der Waals surface area contributed by atoms with Crippen LogP contribution >= 0.6 is 0 Å². The summed E-state index contributed by atoms with van der Waals surface area (Å²) in [5, 5.41) is 0. The molecule has 0 aliphatic rings. The van der Waals surface area contributed by atoms with Crippen LogP contribution in [0.25, 0.3) is 0 Å². The molecular formula is C20H26O2. The molecular weight excluding hydrogens is 272 g/mol. The van der Waals surface area contributed by atoms with Crippen LogP contribution in [-0.4, -0.2) is 12.1 Å². The lowest BCUT2D eigenvalue weighted by Crippen LogP contribution is -2.18. The Morgan fingerprint density at radius 1 is 1.27 bits per heavy atom. The number of carbonyl (C=O) groups is 1. The Hall–Kier alpha value is -2.01. The quantitative estimate of drug-likeness (QED) is 0.545. The van der Waals surface area contributed by atoms with Gasteiger partial charge in [0.2, 0.25) is 0 Å². The van der Waals surface area contributed by atoms with E-state index in [0.717, 1.165) is 24.8 Å². The predicted octanol–water partition coefficient (Wildman–Crippen LogP) is 4.55. The van der Waals surface area contributed by atoms with Gasteiger partial charge in [-0.3, -0.25) is 4.79 Å². The van der Waals surface area contributed by atoms with Crippen molar-refractivity contribution in [3.05, 3.63) is 48.0 Å². The highest BCUT2D eigenvalue weighted by Crippen LogP contribution is 2.11. The number of aryl methyl sites for hydroxylation is 1. The Morgan fingerprint density at radius 2 is 1.95 bits per heavy atom. The molecule has 22 heavy (non-hydrogen) atoms. The summed E-state index contributed by atoms with van der Waals surface area (Å²) in [6, 6.07) is 10.2. The molecule has 1 aromatic carbocycles. The van der Waals surface area contributed by atoms with E-state index in [1.807, 2.05) is 25.1 Å². The van der Waals surface area contributed by atoms with Crippen molar-refractivity contribution >= 4 is 5.97 Å². The molecule has 0 radical (unpaired) electrons. The lowest BCUT2D eigenvalue weighted by Gasteiger charge is -2.14. The van der Waals surface area contributed by atoms with Crippen molar-refractivity contribution in [1.82, 2.24) is 0 Å². The first-order chi connectivity index (χ1) is 10.5. The summed E-state index contributed by atoms with van der Waals surface area (Å²) in [4.78, 5) is 12.0. The molecule has 118 valence electrons. The van der Waals surface area contributed by atoms with Gasteiger partial charge in [0.1, 0.15) is 0 Å². The van der Waals surface area contributed by atoms with Crippen molar-refractivity contribution in [3.8, 4) is 11.8 Å². The summed E-state index contributed by atoms with van der Waals surface area (Å²) in [7, 11) is 0. The normalized spacial score (nSPS) is 11.5. The highest BCUT2D eigenvalue weighted by Gasteiger charge is 2.13. The number of benzene rings is 1. The molecule has 0 aromatic heterocycles. The average Bonchev–Trinajstić information content (AvgIpc) is 2.45. The molecule has 1 aromatic rings. The van der Waals surface area contributed by atoms with Gasteiger partial charge < -0.3 is 4.74 Å². The van der Waals surface area contributed by atoms with Crippen molar-refractivity contribution in [2.45, 2.75) is 52.6 Å². The molecule has 0 spiro atoms. The third-order valence-electron chi connectivity index (χ3n) is 3.09. The van der Waals surface area contributed by atoms with E-state index in [-0.39, 0.29) is 12.1 Å². The summed E-state index contributed by atoms with van der Waals surface area (Å²) in [5.74, 6) is 6.18. The van der Waals surface area contributed by atoms with Crippen LogP contribution in [0.2, 0.25) is 0 Å². The highest BCUT2D eigenvalue weighted by molar-refractivity contribution is 5.69. The van der Waals surface area contributed by atoms with Crippen LogP contribution in [0.4, 0.5) is 0 Å². The van der Waals surface area contributed by atoms with E-state index >= 15 is 0 Å². The summed E-state index contributed by atoms with van der Waals surface area (Å²) in [5.41, 5.74) is 2.03. The van der Waals surface area contributed by atoms with Crippen molar-refractivity contribution in [2.75, 3.05) is 0 Å². The second-order valence-corrected chi connectivity index (χ2v) is 6.00. The van der Waals surface area contributed by atoms with E-state index in [9.17, 15) is 4.79 Å². The van der Waals surface area contributed by atoms with Gasteiger partial charge in [-0.05, 0) is 43.2 Å². The Morgan fingerprint density at radius 3 is 2.55 bits per heavy atom. The summed E-state index contributed by atoms with van der Waals surface area (Å²) >= 11 is 0. The van der Waals surface area contributed by atoms with Gasteiger partial charge in [0, 0.05) is 6.42 Å². The van der Waals surface area contributed by atoms with E-state index in [1.165, 1.54) is 5.56 Å². The third kappa shape index (κ3) is 8.32. The lowest BCUT2D eigenvalue weighted by molar-refractivity contribution is -0.147. The Balaban J connectivity index is 2.42. The number of ether oxygens (including phenoxy) is 1. The maximum atomic E-state index is 12.0. The molecule has 1 unspecified atom stereocenters. The van der Waals surface area contributed by atoms with Crippen LogP contribution in [-0.2, 0) is 16.0 Å². The Bertz CT molecular complexity index is 532. The molecule has 2 heteroatoms. The zero-order valence-corrected chi connectivity index (χ0v) is 13.9. The monoisotopic (exact) mass is 298 g/mol. The number of carbonyl (C=O) groups excluding carboxylic acids is 1. The van der Waals surface area contributed by atoms with Crippen molar-refractivity contribution in [2.24, 2.45) is 5.92 Å². The number of rotatable bonds is 7. The van der Waals surface area contributed by atoms with E-state index in [1.54, 1.807) is 0 Å². The molecule has 2 nitrogen and oxygen atoms in total. The molecule has 1 rings (SSSR count). The zero-order valence-electron chi connectivity index (χ0n) is 13.9. The van der Waals surface area contributed by atoms with Crippen LogP contribution in [0.1, 0.15) is 45.6 Å². The molecule has 1 atom stereocenters. The van der Waals surface area contributed by atoms with E-state index in [4.69, 9.17) is 4.74 Å². The molecule has 0 amide bonds. The molecule has 0 heterocycles. The van der Waals surface area contributed by atoms with Gasteiger partial charge >= 0.3 is 5.97 Å². The van der Waals surface area contributed by atoms with Gasteiger partial charge in [-0.2, -0.15) is 0 Å². The van der Waals surface area contributed by atoms with Crippen LogP contribution < -0.4 is 0 Å². The smallest absolute Gasteiger partial charge is 0.307 e. The summed E-state index contributed by atoms with van der Waals surface area (Å²) < 4.78 is 5.50. The minimum absolute atomic E-state index is 0.169. The van der Waals surface area contributed by atoms with Gasteiger partial charge in [-0.25, -0.2) is 0 Å². The van der Waals surface area contributed by atoms with Gasteiger partial charge in [-0.15, -0.1) is 0 Å². The van der Waals surface area contributed by atoms with Crippen molar-refractivity contribution in [1.29, 1.82) is 0 Å². The summed E-state index contributed by atoms with van der Waals surface area (Å²) in [6.07, 6.45) is 2.54. The topological polar surface area (TPSA) is 26.3 Å². The molecule has 0 fully saturated rings. The van der Waals surface area contributed by atoms with Crippen LogP contribution in [0.3, 0.4) is 0 Å². The predicted molar refractivity (Wildman–Crippen MR) is 91.3 cm³/mol. The third-order valence-corrected chi connectivity index (χ3v) is 3.09. The Kier molecular flexibility index (Phi) is 8.07. The van der Waals surface area contributed by atoms with Crippen LogP contribution in [0, 0.1) is 17.8 Å². The molecule has 0 aliphatic carbocycles. The SMILES string of the molecule is C=C(C)C#CC(CC(C)C)OC(=O)CCCc1ccccc1. The molecule has 0 aliphatic heterocycles. The highest BCUT2D eigenvalue weighted by atomic mass is 16.5. The van der Waals surface area contributed by atoms with Crippen molar-refractivity contribution < 1.29 is 9.53 Å². The number of hydrogen-bond donors (Lipinski definition) is 0. The number of hydrogen-bond acceptors (Lipinski definition) is 2. The van der Waals surface area contributed by atoms with Crippen molar-refractivity contribution in [3.63, 3.8) is 0 Å². The minimum atomic E-state index is -0.332. The van der Waals surface area contributed by atoms with E-state index < -0.39 is 0 Å². The van der Waals surface area contributed by atoms with Crippen LogP contribution in [0.5, 0.6) is 0 Å². The first-order valence-corrected chi connectivity index (χ1v) is 7.88. The first-order valence-electron chi connectivity index (χ1n) is 7.88. The maximum Gasteiger partial charge on any atom is 0.307 e. The van der Waals surface area contributed by atoms with Gasteiger partial charge in [0.25, 0.3) is 0 Å². The molecule has 0 N–H and O–H groups in total. The molecule has 0 saturated carbocycles. The standard InChI is InChI=1S/C20H26O2/c1-16(2)13-14-19(15-17(3)4)22-20(21)12-8-11-18-9-6-5-7-10-18/h5-7,9-10,17,19H,1,8,11-12,15H2,2-4H3. The fraction of sp³-hybridized carbons (Fsp3) is 0.450. The van der Waals surface area contributed by atoms with E-state index in [2.05, 4.69) is 44.4 Å². The zero-order chi connectivity index (χ0) is 16.4. The Labute approximate surface area is 134 Å². The second-order valence-electron chi connectivity index (χ2n) is 6.00. The first kappa shape index (κ1) is 18.0. The van der Waals surface area contributed by atoms with Crippen LogP contribution in [0.15, 0.2) is 42.5 Å². The second kappa shape index (κ2) is 9.84. The van der Waals surface area contributed by atoms with Gasteiger partial charge in [0.05, 0.1) is 0 Å².